The van der Waals surface area contributed by atoms with Gasteiger partial charge in [-0.15, -0.1) is 0 Å². The molecule has 3 aromatic rings. The molecule has 0 saturated heterocycles. The molecule has 1 aliphatic carbocycles. The third-order valence-corrected chi connectivity index (χ3v) is 5.82. The smallest absolute Gasteiger partial charge is 0.257 e. The number of anilines is 2. The number of fused-ring (bicyclic) bond motifs is 1. The fourth-order valence-electron chi connectivity index (χ4n) is 4.18. The second-order valence-corrected chi connectivity index (χ2v) is 7.94. The quantitative estimate of drug-likeness (QED) is 0.580. The maximum Gasteiger partial charge on any atom is 0.257 e. The van der Waals surface area contributed by atoms with E-state index in [9.17, 15) is 9.59 Å². The summed E-state index contributed by atoms with van der Waals surface area (Å²) in [6, 6.07) is 22.7. The van der Waals surface area contributed by atoms with Crippen LogP contribution in [0, 0.1) is 0 Å². The highest BCUT2D eigenvalue weighted by Crippen LogP contribution is 2.34. The van der Waals surface area contributed by atoms with Gasteiger partial charge in [-0.05, 0) is 67.4 Å². The van der Waals surface area contributed by atoms with E-state index in [1.54, 1.807) is 55.6 Å². The number of nitrogens with zero attached hydrogens (tertiary/aromatic N) is 1. The monoisotopic (exact) mass is 429 g/mol. The van der Waals surface area contributed by atoms with Crippen molar-refractivity contribution >= 4 is 23.2 Å². The Balaban J connectivity index is 1.41. The van der Waals surface area contributed by atoms with E-state index in [0.29, 0.717) is 22.7 Å². The number of ether oxygens (including phenoxy) is 1. The Morgan fingerprint density at radius 1 is 0.969 bits per heavy atom. The minimum Gasteiger partial charge on any atom is -0.497 e. The molecule has 2 amide bonds. The summed E-state index contributed by atoms with van der Waals surface area (Å²) in [4.78, 5) is 27.7. The van der Waals surface area contributed by atoms with E-state index >= 15 is 0 Å². The number of carbonyl (C=O) groups excluding carboxylic acids is 2. The first-order valence-electron chi connectivity index (χ1n) is 10.7. The van der Waals surface area contributed by atoms with Crippen molar-refractivity contribution in [3.8, 4) is 5.75 Å². The van der Waals surface area contributed by atoms with E-state index < -0.39 is 0 Å². The van der Waals surface area contributed by atoms with Crippen LogP contribution >= 0.6 is 0 Å². The Morgan fingerprint density at radius 3 is 2.47 bits per heavy atom. The minimum atomic E-state index is -0.288. The molecule has 0 spiro atoms. The summed E-state index contributed by atoms with van der Waals surface area (Å²) in [6.45, 7) is 0.243. The molecule has 0 saturated carbocycles. The zero-order valence-corrected chi connectivity index (χ0v) is 18.3. The lowest BCUT2D eigenvalue weighted by atomic mass is 10.1. The number of nitrogens with one attached hydrogen (secondary N) is 2. The maximum atomic E-state index is 12.8. The van der Waals surface area contributed by atoms with Gasteiger partial charge in [0.15, 0.2) is 0 Å². The van der Waals surface area contributed by atoms with Gasteiger partial charge in [0.05, 0.1) is 24.9 Å². The number of methoxy groups -OCH3 is 1. The van der Waals surface area contributed by atoms with Gasteiger partial charge in [0, 0.05) is 11.7 Å². The SMILES string of the molecule is COc1ccc(NC(=O)c2ccccc2NC(=O)CN(C)[C@H]2CCc3ccccc32)cc1. The van der Waals surface area contributed by atoms with Crippen LogP contribution in [0.15, 0.2) is 72.8 Å². The molecule has 0 aromatic heterocycles. The molecule has 2 N–H and O–H groups in total. The molecule has 0 radical (unpaired) electrons. The number of likely N-dealkylation sites (N-methyl/N-ethyl adjacent to an activating group) is 1. The summed E-state index contributed by atoms with van der Waals surface area (Å²) in [5.74, 6) is 0.274. The summed E-state index contributed by atoms with van der Waals surface area (Å²) in [5.41, 5.74) is 4.19. The lowest BCUT2D eigenvalue weighted by molar-refractivity contribution is -0.117. The fraction of sp³-hybridized carbons (Fsp3) is 0.231. The summed E-state index contributed by atoms with van der Waals surface area (Å²) in [7, 11) is 3.56. The Morgan fingerprint density at radius 2 is 1.69 bits per heavy atom. The van der Waals surface area contributed by atoms with Crippen molar-refractivity contribution in [3.05, 3.63) is 89.5 Å². The van der Waals surface area contributed by atoms with Crippen molar-refractivity contribution in [1.82, 2.24) is 4.90 Å². The second kappa shape index (κ2) is 9.66. The molecular formula is C26H27N3O3. The van der Waals surface area contributed by atoms with Crippen molar-refractivity contribution in [2.24, 2.45) is 0 Å². The standard InChI is InChI=1S/C26H27N3O3/c1-29(24-16-11-18-7-3-4-8-21(18)24)17-25(30)28-23-10-6-5-9-22(23)26(31)27-19-12-14-20(32-2)15-13-19/h3-10,12-15,24H,11,16-17H2,1-2H3,(H,27,31)(H,28,30)/t24-/m0/s1. The van der Waals surface area contributed by atoms with Crippen LogP contribution in [0.4, 0.5) is 11.4 Å². The van der Waals surface area contributed by atoms with Gasteiger partial charge in [-0.3, -0.25) is 14.5 Å². The van der Waals surface area contributed by atoms with Gasteiger partial charge in [0.2, 0.25) is 5.91 Å². The van der Waals surface area contributed by atoms with E-state index in [0.717, 1.165) is 12.8 Å². The zero-order chi connectivity index (χ0) is 22.5. The molecule has 6 nitrogen and oxygen atoms in total. The Kier molecular flexibility index (Phi) is 6.52. The summed E-state index contributed by atoms with van der Waals surface area (Å²) < 4.78 is 5.15. The molecule has 0 bridgehead atoms. The van der Waals surface area contributed by atoms with Crippen LogP contribution in [0.1, 0.15) is 33.9 Å². The lowest BCUT2D eigenvalue weighted by Gasteiger charge is -2.24. The number of para-hydroxylation sites is 1. The van der Waals surface area contributed by atoms with Crippen LogP contribution in [0.2, 0.25) is 0 Å². The van der Waals surface area contributed by atoms with Gasteiger partial charge in [-0.1, -0.05) is 36.4 Å². The minimum absolute atomic E-state index is 0.151. The average Bonchev–Trinajstić information content (AvgIpc) is 3.24. The van der Waals surface area contributed by atoms with Crippen molar-refractivity contribution in [2.45, 2.75) is 18.9 Å². The van der Waals surface area contributed by atoms with E-state index in [1.165, 1.54) is 11.1 Å². The molecule has 1 aliphatic rings. The van der Waals surface area contributed by atoms with Crippen LogP contribution in [0.5, 0.6) is 5.75 Å². The van der Waals surface area contributed by atoms with Gasteiger partial charge >= 0.3 is 0 Å². The molecule has 0 unspecified atom stereocenters. The molecule has 0 aliphatic heterocycles. The first-order valence-corrected chi connectivity index (χ1v) is 10.7. The molecule has 1 atom stereocenters. The van der Waals surface area contributed by atoms with Crippen molar-refractivity contribution in [3.63, 3.8) is 0 Å². The van der Waals surface area contributed by atoms with E-state index in [4.69, 9.17) is 4.74 Å². The second-order valence-electron chi connectivity index (χ2n) is 7.94. The molecule has 3 aromatic carbocycles. The number of amides is 2. The fourth-order valence-corrected chi connectivity index (χ4v) is 4.18. The molecule has 0 heterocycles. The molecular weight excluding hydrogens is 402 g/mol. The van der Waals surface area contributed by atoms with Gasteiger partial charge < -0.3 is 15.4 Å². The molecule has 4 rings (SSSR count). The van der Waals surface area contributed by atoms with E-state index in [1.807, 2.05) is 13.1 Å². The highest BCUT2D eigenvalue weighted by atomic mass is 16.5. The van der Waals surface area contributed by atoms with Crippen molar-refractivity contribution in [1.29, 1.82) is 0 Å². The van der Waals surface area contributed by atoms with Crippen LogP contribution in [-0.4, -0.2) is 37.4 Å². The predicted octanol–water partition coefficient (Wildman–Crippen LogP) is 4.51. The van der Waals surface area contributed by atoms with Gasteiger partial charge in [0.1, 0.15) is 5.75 Å². The maximum absolute atomic E-state index is 12.8. The molecule has 6 heteroatoms. The van der Waals surface area contributed by atoms with E-state index in [2.05, 4.69) is 33.7 Å². The van der Waals surface area contributed by atoms with E-state index in [-0.39, 0.29) is 24.4 Å². The normalized spacial score (nSPS) is 14.7. The summed E-state index contributed by atoms with van der Waals surface area (Å²) >= 11 is 0. The Hall–Kier alpha value is -3.64. The average molecular weight is 430 g/mol. The number of rotatable bonds is 7. The van der Waals surface area contributed by atoms with Crippen LogP contribution in [0.25, 0.3) is 0 Å². The number of hydrogen-bond acceptors (Lipinski definition) is 4. The Bertz CT molecular complexity index is 1110. The van der Waals surface area contributed by atoms with Crippen LogP contribution < -0.4 is 15.4 Å². The third-order valence-electron chi connectivity index (χ3n) is 5.82. The number of benzene rings is 3. The topological polar surface area (TPSA) is 70.7 Å². The van der Waals surface area contributed by atoms with Crippen LogP contribution in [0.3, 0.4) is 0 Å². The molecule has 32 heavy (non-hydrogen) atoms. The predicted molar refractivity (Wildman–Crippen MR) is 126 cm³/mol. The van der Waals surface area contributed by atoms with Gasteiger partial charge in [0.25, 0.3) is 5.91 Å². The zero-order valence-electron chi connectivity index (χ0n) is 18.3. The highest BCUT2D eigenvalue weighted by Gasteiger charge is 2.26. The third kappa shape index (κ3) is 4.81. The van der Waals surface area contributed by atoms with Crippen molar-refractivity contribution in [2.75, 3.05) is 31.3 Å². The van der Waals surface area contributed by atoms with Crippen LogP contribution in [-0.2, 0) is 11.2 Å². The lowest BCUT2D eigenvalue weighted by Crippen LogP contribution is -2.33. The van der Waals surface area contributed by atoms with Gasteiger partial charge in [-0.2, -0.15) is 0 Å². The first kappa shape index (κ1) is 21.6. The van der Waals surface area contributed by atoms with Gasteiger partial charge in [-0.25, -0.2) is 0 Å². The summed E-state index contributed by atoms with van der Waals surface area (Å²) in [6.07, 6.45) is 2.03. The first-order chi connectivity index (χ1) is 15.5. The number of aryl methyl sites for hydroxylation is 1. The summed E-state index contributed by atoms with van der Waals surface area (Å²) in [5, 5.41) is 5.78. The highest BCUT2D eigenvalue weighted by molar-refractivity contribution is 6.10. The molecule has 0 fully saturated rings. The number of carbonyl (C=O) groups is 2. The van der Waals surface area contributed by atoms with Crippen molar-refractivity contribution < 1.29 is 14.3 Å². The molecule has 164 valence electrons. The largest absolute Gasteiger partial charge is 0.497 e. The number of hydrogen-bond donors (Lipinski definition) is 2. The Labute approximate surface area is 188 Å².